The Morgan fingerprint density at radius 1 is 1.24 bits per heavy atom. The number of alkyl halides is 3. The van der Waals surface area contributed by atoms with Crippen LogP contribution < -0.4 is 5.32 Å². The number of hydrogen-bond donors (Lipinski definition) is 1. The predicted molar refractivity (Wildman–Crippen MR) is 84.2 cm³/mol. The fraction of sp³-hybridized carbons (Fsp3) is 0.200. The van der Waals surface area contributed by atoms with Crippen molar-refractivity contribution in [1.82, 2.24) is 15.2 Å². The van der Waals surface area contributed by atoms with Gasteiger partial charge in [-0.1, -0.05) is 18.3 Å². The SMILES string of the molecule is CCc1nnc(NC(=O)c2coc(-c3ccc(C(F)(F)F)cc3)n2)s1. The molecule has 0 unspecified atom stereocenters. The fourth-order valence-corrected chi connectivity index (χ4v) is 2.60. The Bertz CT molecular complexity index is 887. The first-order valence-electron chi connectivity index (χ1n) is 7.13. The van der Waals surface area contributed by atoms with Crippen molar-refractivity contribution < 1.29 is 22.4 Å². The minimum Gasteiger partial charge on any atom is -0.444 e. The van der Waals surface area contributed by atoms with Crippen LogP contribution in [0.5, 0.6) is 0 Å². The number of halogens is 3. The molecule has 6 nitrogen and oxygen atoms in total. The Balaban J connectivity index is 1.74. The van der Waals surface area contributed by atoms with Crippen molar-refractivity contribution in [2.45, 2.75) is 19.5 Å². The highest BCUT2D eigenvalue weighted by Gasteiger charge is 2.30. The lowest BCUT2D eigenvalue weighted by atomic mass is 10.1. The van der Waals surface area contributed by atoms with Crippen molar-refractivity contribution >= 4 is 22.4 Å². The molecule has 0 saturated carbocycles. The summed E-state index contributed by atoms with van der Waals surface area (Å²) in [6, 6.07) is 4.31. The maximum Gasteiger partial charge on any atom is 0.416 e. The van der Waals surface area contributed by atoms with Crippen LogP contribution in [-0.4, -0.2) is 21.1 Å². The summed E-state index contributed by atoms with van der Waals surface area (Å²) < 4.78 is 42.9. The van der Waals surface area contributed by atoms with E-state index in [1.165, 1.54) is 23.5 Å². The van der Waals surface area contributed by atoms with Gasteiger partial charge in [0.2, 0.25) is 11.0 Å². The number of oxazole rings is 1. The number of nitrogens with zero attached hydrogens (tertiary/aromatic N) is 3. The zero-order valence-electron chi connectivity index (χ0n) is 12.8. The van der Waals surface area contributed by atoms with Crippen LogP contribution in [-0.2, 0) is 12.6 Å². The molecule has 0 atom stereocenters. The number of aromatic nitrogens is 3. The summed E-state index contributed by atoms with van der Waals surface area (Å²) in [5.41, 5.74) is -0.455. The van der Waals surface area contributed by atoms with Gasteiger partial charge in [-0.25, -0.2) is 4.98 Å². The van der Waals surface area contributed by atoms with E-state index in [9.17, 15) is 18.0 Å². The predicted octanol–water partition coefficient (Wildman–Crippen LogP) is 4.03. The van der Waals surface area contributed by atoms with Gasteiger partial charge < -0.3 is 4.42 Å². The van der Waals surface area contributed by atoms with Crippen molar-refractivity contribution in [3.8, 4) is 11.5 Å². The average molecular weight is 368 g/mol. The summed E-state index contributed by atoms with van der Waals surface area (Å²) in [7, 11) is 0. The molecule has 0 aliphatic carbocycles. The highest BCUT2D eigenvalue weighted by Crippen LogP contribution is 2.30. The topological polar surface area (TPSA) is 80.9 Å². The highest BCUT2D eigenvalue weighted by molar-refractivity contribution is 7.15. The molecule has 1 N–H and O–H groups in total. The first-order valence-corrected chi connectivity index (χ1v) is 7.95. The molecule has 0 fully saturated rings. The second-order valence-corrected chi connectivity index (χ2v) is 5.98. The van der Waals surface area contributed by atoms with E-state index < -0.39 is 17.6 Å². The van der Waals surface area contributed by atoms with E-state index >= 15 is 0 Å². The highest BCUT2D eigenvalue weighted by atomic mass is 32.1. The van der Waals surface area contributed by atoms with Gasteiger partial charge in [-0.3, -0.25) is 10.1 Å². The van der Waals surface area contributed by atoms with E-state index in [0.717, 1.165) is 23.4 Å². The Kier molecular flexibility index (Phi) is 4.53. The second kappa shape index (κ2) is 6.63. The number of hydrogen-bond acceptors (Lipinski definition) is 6. The third-order valence-corrected chi connectivity index (χ3v) is 4.17. The van der Waals surface area contributed by atoms with Gasteiger partial charge in [0.05, 0.1) is 5.56 Å². The van der Waals surface area contributed by atoms with E-state index in [2.05, 4.69) is 20.5 Å². The third-order valence-electron chi connectivity index (χ3n) is 3.19. The largest absolute Gasteiger partial charge is 0.444 e. The van der Waals surface area contributed by atoms with Crippen molar-refractivity contribution in [3.05, 3.63) is 46.8 Å². The zero-order valence-corrected chi connectivity index (χ0v) is 13.6. The summed E-state index contributed by atoms with van der Waals surface area (Å²) in [6.07, 6.45) is -2.58. The molecule has 25 heavy (non-hydrogen) atoms. The van der Waals surface area contributed by atoms with Gasteiger partial charge in [0.15, 0.2) is 5.69 Å². The quantitative estimate of drug-likeness (QED) is 0.752. The van der Waals surface area contributed by atoms with Crippen LogP contribution >= 0.6 is 11.3 Å². The van der Waals surface area contributed by atoms with Gasteiger partial charge in [-0.15, -0.1) is 10.2 Å². The number of aryl methyl sites for hydroxylation is 1. The maximum absolute atomic E-state index is 12.6. The van der Waals surface area contributed by atoms with Crippen LogP contribution in [0.1, 0.15) is 28.0 Å². The molecule has 10 heteroatoms. The molecule has 0 saturated heterocycles. The molecule has 3 aromatic rings. The fourth-order valence-electron chi connectivity index (χ4n) is 1.92. The van der Waals surface area contributed by atoms with E-state index in [4.69, 9.17) is 4.42 Å². The number of nitrogens with one attached hydrogen (secondary N) is 1. The molecule has 2 heterocycles. The summed E-state index contributed by atoms with van der Waals surface area (Å²) >= 11 is 1.24. The van der Waals surface area contributed by atoms with E-state index in [-0.39, 0.29) is 11.6 Å². The lowest BCUT2D eigenvalue weighted by molar-refractivity contribution is -0.137. The Hall–Kier alpha value is -2.75. The number of amides is 1. The molecule has 0 spiro atoms. The van der Waals surface area contributed by atoms with Crippen LogP contribution in [0.15, 0.2) is 34.9 Å². The van der Waals surface area contributed by atoms with Crippen molar-refractivity contribution in [2.75, 3.05) is 5.32 Å². The second-order valence-electron chi connectivity index (χ2n) is 4.92. The van der Waals surface area contributed by atoms with Crippen LogP contribution in [0.2, 0.25) is 0 Å². The first kappa shape index (κ1) is 17.1. The first-order chi connectivity index (χ1) is 11.9. The molecule has 0 bridgehead atoms. The maximum atomic E-state index is 12.6. The van der Waals surface area contributed by atoms with Gasteiger partial charge in [-0.05, 0) is 30.7 Å². The summed E-state index contributed by atoms with van der Waals surface area (Å²) in [5.74, 6) is -0.494. The minimum atomic E-state index is -4.42. The van der Waals surface area contributed by atoms with Gasteiger partial charge in [-0.2, -0.15) is 13.2 Å². The van der Waals surface area contributed by atoms with Crippen LogP contribution in [0.3, 0.4) is 0 Å². The third kappa shape index (κ3) is 3.85. The molecule has 1 aromatic carbocycles. The van der Waals surface area contributed by atoms with E-state index in [0.29, 0.717) is 17.1 Å². The minimum absolute atomic E-state index is 0.0110. The molecule has 3 rings (SSSR count). The van der Waals surface area contributed by atoms with Gasteiger partial charge in [0, 0.05) is 5.56 Å². The van der Waals surface area contributed by atoms with Crippen molar-refractivity contribution in [1.29, 1.82) is 0 Å². The van der Waals surface area contributed by atoms with Crippen molar-refractivity contribution in [3.63, 3.8) is 0 Å². The van der Waals surface area contributed by atoms with Crippen LogP contribution in [0, 0.1) is 0 Å². The Morgan fingerprint density at radius 2 is 1.96 bits per heavy atom. The van der Waals surface area contributed by atoms with E-state index in [1.807, 2.05) is 6.92 Å². The summed E-state index contributed by atoms with van der Waals surface area (Å²) in [5, 5.41) is 11.4. The number of carbonyl (C=O) groups is 1. The smallest absolute Gasteiger partial charge is 0.416 e. The normalized spacial score (nSPS) is 11.5. The van der Waals surface area contributed by atoms with Gasteiger partial charge >= 0.3 is 6.18 Å². The number of carbonyl (C=O) groups excluding carboxylic acids is 1. The lowest BCUT2D eigenvalue weighted by Crippen LogP contribution is -2.12. The average Bonchev–Trinajstić information content (AvgIpc) is 3.23. The monoisotopic (exact) mass is 368 g/mol. The molecule has 130 valence electrons. The van der Waals surface area contributed by atoms with Gasteiger partial charge in [0.25, 0.3) is 5.91 Å². The molecule has 0 aliphatic heterocycles. The molecule has 1 amide bonds. The van der Waals surface area contributed by atoms with Gasteiger partial charge in [0.1, 0.15) is 11.3 Å². The Morgan fingerprint density at radius 3 is 2.56 bits per heavy atom. The van der Waals surface area contributed by atoms with Crippen LogP contribution in [0.4, 0.5) is 18.3 Å². The molecular formula is C15H11F3N4O2S. The number of rotatable bonds is 4. The summed E-state index contributed by atoms with van der Waals surface area (Å²) in [6.45, 7) is 1.92. The molecule has 2 aromatic heterocycles. The molecular weight excluding hydrogens is 357 g/mol. The summed E-state index contributed by atoms with van der Waals surface area (Å²) in [4.78, 5) is 16.1. The lowest BCUT2D eigenvalue weighted by Gasteiger charge is -2.05. The Labute approximate surface area is 143 Å². The van der Waals surface area contributed by atoms with Crippen LogP contribution in [0.25, 0.3) is 11.5 Å². The van der Waals surface area contributed by atoms with Crippen molar-refractivity contribution in [2.24, 2.45) is 0 Å². The van der Waals surface area contributed by atoms with E-state index in [1.54, 1.807) is 0 Å². The standard InChI is InChI=1S/C15H11F3N4O2S/c1-2-11-21-22-14(25-11)20-12(23)10-7-24-13(19-10)8-3-5-9(6-4-8)15(16,17)18/h3-7H,2H2,1H3,(H,20,22,23). The number of benzene rings is 1. The molecule has 0 aliphatic rings. The number of anilines is 1. The zero-order chi connectivity index (χ0) is 18.0. The molecule has 0 radical (unpaired) electrons.